The minimum absolute atomic E-state index is 0.279. The van der Waals surface area contributed by atoms with E-state index in [0.29, 0.717) is 5.57 Å². The zero-order valence-corrected chi connectivity index (χ0v) is 11.1. The molecule has 1 rings (SSSR count). The molecule has 0 radical (unpaired) electrons. The fraction of sp³-hybridized carbons (Fsp3) is 0.357. The Bertz CT molecular complexity index is 430. The second kappa shape index (κ2) is 5.53. The van der Waals surface area contributed by atoms with Crippen LogP contribution in [0, 0.1) is 0 Å². The Morgan fingerprint density at radius 2 is 1.65 bits per heavy atom. The van der Waals surface area contributed by atoms with Crippen LogP contribution in [-0.2, 0) is 9.53 Å². The van der Waals surface area contributed by atoms with Crippen LogP contribution < -0.4 is 4.90 Å². The summed E-state index contributed by atoms with van der Waals surface area (Å²) in [7, 11) is 5.39. The van der Waals surface area contributed by atoms with Crippen LogP contribution >= 0.6 is 0 Å². The number of hydrogen-bond donors (Lipinski definition) is 0. The zero-order chi connectivity index (χ0) is 13.0. The lowest BCUT2D eigenvalue weighted by atomic mass is 10.0. The molecule has 0 unspecified atom stereocenters. The second-order valence-electron chi connectivity index (χ2n) is 4.18. The number of nitrogens with zero attached hydrogens (tertiary/aromatic N) is 1. The van der Waals surface area contributed by atoms with Gasteiger partial charge in [0, 0.05) is 25.4 Å². The van der Waals surface area contributed by atoms with Gasteiger partial charge in [0.05, 0.1) is 7.11 Å². The number of ether oxygens (including phenoxy) is 1. The molecule has 0 aliphatic carbocycles. The molecular weight excluding hydrogens is 214 g/mol. The molecule has 0 amide bonds. The average molecular weight is 233 g/mol. The summed E-state index contributed by atoms with van der Waals surface area (Å²) in [5.74, 6) is -0.279. The van der Waals surface area contributed by atoms with Crippen LogP contribution in [0.2, 0.25) is 0 Å². The maximum Gasteiger partial charge on any atom is 0.333 e. The quantitative estimate of drug-likeness (QED) is 0.594. The lowest BCUT2D eigenvalue weighted by Crippen LogP contribution is -2.08. The highest BCUT2D eigenvalue weighted by atomic mass is 16.5. The average Bonchev–Trinajstić information content (AvgIpc) is 2.36. The van der Waals surface area contributed by atoms with E-state index in [-0.39, 0.29) is 5.97 Å². The zero-order valence-electron chi connectivity index (χ0n) is 11.1. The topological polar surface area (TPSA) is 29.5 Å². The lowest BCUT2D eigenvalue weighted by molar-refractivity contribution is -0.135. The van der Waals surface area contributed by atoms with E-state index < -0.39 is 0 Å². The molecule has 0 heterocycles. The van der Waals surface area contributed by atoms with Crippen LogP contribution in [0.4, 0.5) is 5.69 Å². The molecule has 0 N–H and O–H groups in total. The number of allylic oxidation sites excluding steroid dienone is 1. The first-order chi connectivity index (χ1) is 7.97. The summed E-state index contributed by atoms with van der Waals surface area (Å²) >= 11 is 0. The van der Waals surface area contributed by atoms with Crippen molar-refractivity contribution in [3.8, 4) is 0 Å². The summed E-state index contributed by atoms with van der Waals surface area (Å²) in [6, 6.07) is 8.08. The van der Waals surface area contributed by atoms with E-state index in [4.69, 9.17) is 4.74 Å². The fourth-order valence-corrected chi connectivity index (χ4v) is 1.53. The number of esters is 1. The highest BCUT2D eigenvalue weighted by molar-refractivity contribution is 5.96. The largest absolute Gasteiger partial charge is 0.466 e. The standard InChI is InChI=1S/C14H19NO2/c1-10(11(2)14(16)17-5)12-6-8-13(9-7-12)15(3)4/h6-9H,1-5H3/b11-10-. The molecule has 0 bridgehead atoms. The van der Waals surface area contributed by atoms with Crippen molar-refractivity contribution in [1.29, 1.82) is 0 Å². The normalized spacial score (nSPS) is 11.8. The van der Waals surface area contributed by atoms with Gasteiger partial charge in [-0.25, -0.2) is 4.79 Å². The van der Waals surface area contributed by atoms with E-state index in [1.54, 1.807) is 6.92 Å². The van der Waals surface area contributed by atoms with E-state index in [0.717, 1.165) is 16.8 Å². The van der Waals surface area contributed by atoms with E-state index in [2.05, 4.69) is 0 Å². The monoisotopic (exact) mass is 233 g/mol. The van der Waals surface area contributed by atoms with Crippen molar-refractivity contribution in [3.05, 3.63) is 35.4 Å². The SMILES string of the molecule is COC(=O)/C(C)=C(/C)c1ccc(N(C)C)cc1. The van der Waals surface area contributed by atoms with E-state index in [1.165, 1.54) is 7.11 Å². The van der Waals surface area contributed by atoms with Gasteiger partial charge in [-0.1, -0.05) is 12.1 Å². The molecule has 3 heteroatoms. The van der Waals surface area contributed by atoms with Crippen LogP contribution in [0.5, 0.6) is 0 Å². The van der Waals surface area contributed by atoms with Crippen LogP contribution in [-0.4, -0.2) is 27.2 Å². The van der Waals surface area contributed by atoms with Gasteiger partial charge in [0.25, 0.3) is 0 Å². The molecule has 1 aromatic rings. The lowest BCUT2D eigenvalue weighted by Gasteiger charge is -2.13. The molecule has 0 fully saturated rings. The van der Waals surface area contributed by atoms with Crippen molar-refractivity contribution >= 4 is 17.2 Å². The number of anilines is 1. The summed E-state index contributed by atoms with van der Waals surface area (Å²) in [4.78, 5) is 13.5. The third-order valence-electron chi connectivity index (χ3n) is 2.87. The Morgan fingerprint density at radius 3 is 2.06 bits per heavy atom. The Labute approximate surface area is 103 Å². The van der Waals surface area contributed by atoms with Crippen LogP contribution in [0.25, 0.3) is 5.57 Å². The number of benzene rings is 1. The van der Waals surface area contributed by atoms with Gasteiger partial charge in [-0.2, -0.15) is 0 Å². The maximum absolute atomic E-state index is 11.4. The minimum atomic E-state index is -0.279. The van der Waals surface area contributed by atoms with Crippen molar-refractivity contribution in [3.63, 3.8) is 0 Å². The first kappa shape index (κ1) is 13.3. The van der Waals surface area contributed by atoms with E-state index >= 15 is 0 Å². The highest BCUT2D eigenvalue weighted by Gasteiger charge is 2.09. The van der Waals surface area contributed by atoms with E-state index in [9.17, 15) is 4.79 Å². The first-order valence-corrected chi connectivity index (χ1v) is 5.51. The van der Waals surface area contributed by atoms with Gasteiger partial charge in [-0.3, -0.25) is 0 Å². The summed E-state index contributed by atoms with van der Waals surface area (Å²) in [5.41, 5.74) is 3.77. The molecular formula is C14H19NO2. The number of hydrogen-bond acceptors (Lipinski definition) is 3. The van der Waals surface area contributed by atoms with Crippen LogP contribution in [0.3, 0.4) is 0 Å². The Balaban J connectivity index is 3.05. The molecule has 17 heavy (non-hydrogen) atoms. The van der Waals surface area contributed by atoms with Gasteiger partial charge in [0.1, 0.15) is 0 Å². The molecule has 0 saturated carbocycles. The molecule has 1 aromatic carbocycles. The molecule has 3 nitrogen and oxygen atoms in total. The predicted octanol–water partition coefficient (Wildman–Crippen LogP) is 2.72. The summed E-state index contributed by atoms with van der Waals surface area (Å²) in [5, 5.41) is 0. The molecule has 0 saturated heterocycles. The van der Waals surface area contributed by atoms with Gasteiger partial charge in [0.15, 0.2) is 0 Å². The summed E-state index contributed by atoms with van der Waals surface area (Å²) < 4.78 is 4.71. The summed E-state index contributed by atoms with van der Waals surface area (Å²) in [6.07, 6.45) is 0. The summed E-state index contributed by atoms with van der Waals surface area (Å²) in [6.45, 7) is 3.71. The van der Waals surface area contributed by atoms with Crippen molar-refractivity contribution < 1.29 is 9.53 Å². The van der Waals surface area contributed by atoms with Gasteiger partial charge in [0.2, 0.25) is 0 Å². The van der Waals surface area contributed by atoms with Crippen LogP contribution in [0.1, 0.15) is 19.4 Å². The Kier molecular flexibility index (Phi) is 4.32. The van der Waals surface area contributed by atoms with Crippen molar-refractivity contribution in [1.82, 2.24) is 0 Å². The van der Waals surface area contributed by atoms with Crippen molar-refractivity contribution in [2.75, 3.05) is 26.1 Å². The Morgan fingerprint density at radius 1 is 1.12 bits per heavy atom. The number of rotatable bonds is 3. The van der Waals surface area contributed by atoms with Crippen LogP contribution in [0.15, 0.2) is 29.8 Å². The third kappa shape index (κ3) is 3.09. The van der Waals surface area contributed by atoms with Crippen molar-refractivity contribution in [2.24, 2.45) is 0 Å². The molecule has 0 aromatic heterocycles. The first-order valence-electron chi connectivity index (χ1n) is 5.51. The number of carbonyl (C=O) groups is 1. The number of carbonyl (C=O) groups excluding carboxylic acids is 1. The van der Waals surface area contributed by atoms with Gasteiger partial charge in [-0.15, -0.1) is 0 Å². The number of methoxy groups -OCH3 is 1. The van der Waals surface area contributed by atoms with Crippen molar-refractivity contribution in [2.45, 2.75) is 13.8 Å². The molecule has 0 spiro atoms. The smallest absolute Gasteiger partial charge is 0.333 e. The molecule has 92 valence electrons. The van der Waals surface area contributed by atoms with Gasteiger partial charge in [-0.05, 0) is 37.1 Å². The molecule has 0 aliphatic rings. The maximum atomic E-state index is 11.4. The predicted molar refractivity (Wildman–Crippen MR) is 71.1 cm³/mol. The highest BCUT2D eigenvalue weighted by Crippen LogP contribution is 2.21. The molecule has 0 atom stereocenters. The second-order valence-corrected chi connectivity index (χ2v) is 4.18. The van der Waals surface area contributed by atoms with E-state index in [1.807, 2.05) is 50.2 Å². The molecule has 0 aliphatic heterocycles. The fourth-order valence-electron chi connectivity index (χ4n) is 1.53. The minimum Gasteiger partial charge on any atom is -0.466 e. The Hall–Kier alpha value is -1.77. The third-order valence-corrected chi connectivity index (χ3v) is 2.87. The van der Waals surface area contributed by atoms with Gasteiger partial charge >= 0.3 is 5.97 Å². The van der Waals surface area contributed by atoms with Gasteiger partial charge < -0.3 is 9.64 Å².